The minimum atomic E-state index is -0.972. The molecule has 0 amide bonds. The Morgan fingerprint density at radius 1 is 1.00 bits per heavy atom. The summed E-state index contributed by atoms with van der Waals surface area (Å²) in [5.41, 5.74) is 0.213. The predicted octanol–water partition coefficient (Wildman–Crippen LogP) is 4.14. The summed E-state index contributed by atoms with van der Waals surface area (Å²) in [7, 11) is 0. The Balaban J connectivity index is 2.35. The van der Waals surface area contributed by atoms with Crippen molar-refractivity contribution in [1.29, 1.82) is 0 Å². The van der Waals surface area contributed by atoms with Crippen molar-refractivity contribution < 1.29 is 17.6 Å². The fraction of sp³-hybridized carbons (Fsp3) is 0.250. The first kappa shape index (κ1) is 15.5. The Morgan fingerprint density at radius 3 is 2.48 bits per heavy atom. The Morgan fingerprint density at radius 2 is 1.76 bits per heavy atom. The van der Waals surface area contributed by atoms with E-state index in [1.54, 1.807) is 6.92 Å². The quantitative estimate of drug-likeness (QED) is 0.818. The van der Waals surface area contributed by atoms with Crippen LogP contribution in [0.5, 0.6) is 0 Å². The molecule has 2 aromatic rings. The maximum atomic E-state index is 13.9. The third-order valence-corrected chi connectivity index (χ3v) is 3.24. The van der Waals surface area contributed by atoms with Crippen LogP contribution in [-0.2, 0) is 6.42 Å². The van der Waals surface area contributed by atoms with Gasteiger partial charge in [-0.3, -0.25) is 0 Å². The smallest absolute Gasteiger partial charge is 0.163 e. The lowest BCUT2D eigenvalue weighted by Gasteiger charge is -2.19. The molecule has 2 aromatic carbocycles. The topological polar surface area (TPSA) is 12.0 Å². The molecule has 1 atom stereocenters. The third-order valence-electron chi connectivity index (χ3n) is 3.24. The van der Waals surface area contributed by atoms with Crippen molar-refractivity contribution in [2.45, 2.75) is 19.4 Å². The molecule has 0 saturated heterocycles. The molecule has 2 rings (SSSR count). The predicted molar refractivity (Wildman–Crippen MR) is 72.8 cm³/mol. The van der Waals surface area contributed by atoms with E-state index in [0.29, 0.717) is 6.54 Å². The van der Waals surface area contributed by atoms with Crippen molar-refractivity contribution in [2.75, 3.05) is 6.54 Å². The highest BCUT2D eigenvalue weighted by Gasteiger charge is 2.19. The Bertz CT molecular complexity index is 628. The highest BCUT2D eigenvalue weighted by atomic mass is 19.2. The van der Waals surface area contributed by atoms with E-state index in [2.05, 4.69) is 5.32 Å². The fourth-order valence-electron chi connectivity index (χ4n) is 2.25. The van der Waals surface area contributed by atoms with E-state index in [0.717, 1.165) is 24.3 Å². The van der Waals surface area contributed by atoms with E-state index in [1.807, 2.05) is 0 Å². The molecular formula is C16H15F4N. The Hall–Kier alpha value is -1.88. The van der Waals surface area contributed by atoms with Gasteiger partial charge < -0.3 is 5.32 Å². The van der Waals surface area contributed by atoms with E-state index in [4.69, 9.17) is 0 Å². The summed E-state index contributed by atoms with van der Waals surface area (Å²) >= 11 is 0. The lowest BCUT2D eigenvalue weighted by atomic mass is 9.97. The van der Waals surface area contributed by atoms with Gasteiger partial charge in [-0.05, 0) is 42.8 Å². The van der Waals surface area contributed by atoms with Gasteiger partial charge in [0.05, 0.1) is 0 Å². The number of halogens is 4. The molecule has 0 aromatic heterocycles. The summed E-state index contributed by atoms with van der Waals surface area (Å²) in [4.78, 5) is 0. The molecule has 0 saturated carbocycles. The first-order valence-electron chi connectivity index (χ1n) is 6.64. The molecule has 0 fully saturated rings. The van der Waals surface area contributed by atoms with Crippen LogP contribution in [0.15, 0.2) is 36.4 Å². The molecule has 0 heterocycles. The molecule has 1 nitrogen and oxygen atoms in total. The minimum absolute atomic E-state index is 0.0256. The van der Waals surface area contributed by atoms with Crippen LogP contribution >= 0.6 is 0 Å². The summed E-state index contributed by atoms with van der Waals surface area (Å²) in [6.07, 6.45) is 0.0256. The van der Waals surface area contributed by atoms with Gasteiger partial charge in [-0.2, -0.15) is 0 Å². The van der Waals surface area contributed by atoms with Crippen molar-refractivity contribution >= 4 is 0 Å². The largest absolute Gasteiger partial charge is 0.310 e. The molecule has 0 spiro atoms. The Labute approximate surface area is 120 Å². The van der Waals surface area contributed by atoms with Crippen LogP contribution in [0.4, 0.5) is 17.6 Å². The zero-order valence-electron chi connectivity index (χ0n) is 11.5. The van der Waals surface area contributed by atoms with Gasteiger partial charge >= 0.3 is 0 Å². The highest BCUT2D eigenvalue weighted by molar-refractivity contribution is 5.27. The molecule has 0 aliphatic rings. The molecule has 21 heavy (non-hydrogen) atoms. The number of likely N-dealkylation sites (N-methyl/N-ethyl adjacent to an activating group) is 1. The molecule has 112 valence electrons. The van der Waals surface area contributed by atoms with Gasteiger partial charge in [0.2, 0.25) is 0 Å². The summed E-state index contributed by atoms with van der Waals surface area (Å²) < 4.78 is 54.1. The SMILES string of the molecule is CCNC(Cc1cc(F)ccc1F)c1cccc(F)c1F. The minimum Gasteiger partial charge on any atom is -0.310 e. The van der Waals surface area contributed by atoms with Gasteiger partial charge in [0.1, 0.15) is 11.6 Å². The van der Waals surface area contributed by atoms with Crippen molar-refractivity contribution in [1.82, 2.24) is 5.32 Å². The van der Waals surface area contributed by atoms with E-state index in [1.165, 1.54) is 12.1 Å². The number of hydrogen-bond donors (Lipinski definition) is 1. The monoisotopic (exact) mass is 297 g/mol. The summed E-state index contributed by atoms with van der Waals surface area (Å²) in [6, 6.07) is 6.31. The first-order chi connectivity index (χ1) is 10.0. The molecule has 1 unspecified atom stereocenters. The van der Waals surface area contributed by atoms with Crippen molar-refractivity contribution in [2.24, 2.45) is 0 Å². The fourth-order valence-corrected chi connectivity index (χ4v) is 2.25. The average molecular weight is 297 g/mol. The number of benzene rings is 2. The van der Waals surface area contributed by atoms with Gasteiger partial charge in [0.15, 0.2) is 11.6 Å². The van der Waals surface area contributed by atoms with Gasteiger partial charge in [0.25, 0.3) is 0 Å². The first-order valence-corrected chi connectivity index (χ1v) is 6.64. The second-order valence-corrected chi connectivity index (χ2v) is 4.69. The molecule has 0 bridgehead atoms. The van der Waals surface area contributed by atoms with Gasteiger partial charge in [-0.15, -0.1) is 0 Å². The second-order valence-electron chi connectivity index (χ2n) is 4.69. The zero-order valence-corrected chi connectivity index (χ0v) is 11.5. The van der Waals surface area contributed by atoms with E-state index >= 15 is 0 Å². The Kier molecular flexibility index (Phi) is 4.96. The molecule has 0 aliphatic heterocycles. The molecule has 1 N–H and O–H groups in total. The lowest BCUT2D eigenvalue weighted by Crippen LogP contribution is -2.24. The van der Waals surface area contributed by atoms with E-state index < -0.39 is 29.3 Å². The van der Waals surface area contributed by atoms with E-state index in [9.17, 15) is 17.6 Å². The van der Waals surface area contributed by atoms with Crippen LogP contribution in [0.3, 0.4) is 0 Å². The van der Waals surface area contributed by atoms with Crippen LogP contribution in [0.1, 0.15) is 24.1 Å². The van der Waals surface area contributed by atoms with Gasteiger partial charge in [-0.1, -0.05) is 19.1 Å². The van der Waals surface area contributed by atoms with Crippen molar-refractivity contribution in [3.05, 3.63) is 70.8 Å². The zero-order chi connectivity index (χ0) is 15.4. The van der Waals surface area contributed by atoms with Crippen LogP contribution in [-0.4, -0.2) is 6.54 Å². The standard InChI is InChI=1S/C16H15F4N/c1-2-21-15(12-4-3-5-14(19)16(12)20)9-10-8-11(17)6-7-13(10)18/h3-8,15,21H,2,9H2,1H3. The maximum absolute atomic E-state index is 13.9. The summed E-state index contributed by atoms with van der Waals surface area (Å²) in [5, 5.41) is 2.97. The molecular weight excluding hydrogens is 282 g/mol. The average Bonchev–Trinajstić information content (AvgIpc) is 2.45. The summed E-state index contributed by atoms with van der Waals surface area (Å²) in [5.74, 6) is -3.08. The molecule has 0 radical (unpaired) electrons. The van der Waals surface area contributed by atoms with Gasteiger partial charge in [0, 0.05) is 11.6 Å². The van der Waals surface area contributed by atoms with Crippen LogP contribution in [0.2, 0.25) is 0 Å². The van der Waals surface area contributed by atoms with Crippen LogP contribution in [0.25, 0.3) is 0 Å². The third kappa shape index (κ3) is 3.61. The summed E-state index contributed by atoms with van der Waals surface area (Å²) in [6.45, 7) is 2.28. The van der Waals surface area contributed by atoms with Crippen LogP contribution in [0, 0.1) is 23.3 Å². The lowest BCUT2D eigenvalue weighted by molar-refractivity contribution is 0.459. The maximum Gasteiger partial charge on any atom is 0.163 e. The second kappa shape index (κ2) is 6.72. The number of hydrogen-bond acceptors (Lipinski definition) is 1. The number of nitrogens with one attached hydrogen (secondary N) is 1. The van der Waals surface area contributed by atoms with Gasteiger partial charge in [-0.25, -0.2) is 17.6 Å². The molecule has 5 heteroatoms. The van der Waals surface area contributed by atoms with Crippen molar-refractivity contribution in [3.63, 3.8) is 0 Å². The van der Waals surface area contributed by atoms with Crippen molar-refractivity contribution in [3.8, 4) is 0 Å². The van der Waals surface area contributed by atoms with Crippen LogP contribution < -0.4 is 5.32 Å². The number of rotatable bonds is 5. The highest BCUT2D eigenvalue weighted by Crippen LogP contribution is 2.24. The normalized spacial score (nSPS) is 12.4. The van der Waals surface area contributed by atoms with E-state index in [-0.39, 0.29) is 17.5 Å². The molecule has 0 aliphatic carbocycles.